The van der Waals surface area contributed by atoms with Crippen molar-refractivity contribution in [3.8, 4) is 0 Å². The third kappa shape index (κ3) is 5.05. The molecule has 0 saturated heterocycles. The minimum Gasteiger partial charge on any atom is -0.477 e. The summed E-state index contributed by atoms with van der Waals surface area (Å²) in [5, 5.41) is 18.6. The van der Waals surface area contributed by atoms with Crippen molar-refractivity contribution in [2.24, 2.45) is 0 Å². The van der Waals surface area contributed by atoms with Crippen LogP contribution in [-0.2, 0) is 0 Å². The first-order valence-corrected chi connectivity index (χ1v) is 8.68. The number of carboxylic acids is 2. The van der Waals surface area contributed by atoms with Gasteiger partial charge in [0.15, 0.2) is 0 Å². The first-order chi connectivity index (χ1) is 12.1. The van der Waals surface area contributed by atoms with Gasteiger partial charge in [-0.15, -0.1) is 11.6 Å². The van der Waals surface area contributed by atoms with Crippen LogP contribution in [0.25, 0.3) is 0 Å². The fourth-order valence-corrected chi connectivity index (χ4v) is 3.25. The van der Waals surface area contributed by atoms with E-state index in [1.807, 2.05) is 51.1 Å². The Bertz CT molecular complexity index is 767. The molecule has 2 unspecified atom stereocenters. The number of nitrogens with zero attached hydrogens (tertiary/aromatic N) is 1. The third-order valence-corrected chi connectivity index (χ3v) is 4.50. The van der Waals surface area contributed by atoms with Gasteiger partial charge in [0, 0.05) is 4.87 Å². The van der Waals surface area contributed by atoms with Crippen molar-refractivity contribution >= 4 is 23.5 Å². The number of benzene rings is 1. The monoisotopic (exact) mass is 375 g/mol. The molecular formula is C20H22ClNO4. The molecule has 0 amide bonds. The average molecular weight is 376 g/mol. The number of pyridine rings is 1. The van der Waals surface area contributed by atoms with Gasteiger partial charge in [-0.1, -0.05) is 37.3 Å². The van der Waals surface area contributed by atoms with Crippen LogP contribution in [-0.4, -0.2) is 32.0 Å². The van der Waals surface area contributed by atoms with Gasteiger partial charge in [-0.3, -0.25) is 0 Å². The van der Waals surface area contributed by atoms with Crippen LogP contribution < -0.4 is 0 Å². The summed E-state index contributed by atoms with van der Waals surface area (Å²) in [5.41, 5.74) is 1.12. The van der Waals surface area contributed by atoms with Crippen LogP contribution in [0.5, 0.6) is 0 Å². The summed E-state index contributed by atoms with van der Waals surface area (Å²) in [6.45, 7) is 5.80. The maximum Gasteiger partial charge on any atom is 0.354 e. The zero-order valence-corrected chi connectivity index (χ0v) is 15.7. The number of rotatable bonds is 7. The highest BCUT2D eigenvalue weighted by atomic mass is 35.5. The fraction of sp³-hybridized carbons (Fsp3) is 0.350. The summed E-state index contributed by atoms with van der Waals surface area (Å²) in [4.78, 5) is 26.0. The van der Waals surface area contributed by atoms with Gasteiger partial charge in [0.1, 0.15) is 11.4 Å². The zero-order chi connectivity index (χ0) is 19.5. The summed E-state index contributed by atoms with van der Waals surface area (Å²) in [7, 11) is 0. The van der Waals surface area contributed by atoms with Gasteiger partial charge in [-0.25, -0.2) is 14.6 Å². The van der Waals surface area contributed by atoms with Crippen LogP contribution >= 0.6 is 11.6 Å². The van der Waals surface area contributed by atoms with Gasteiger partial charge in [0.05, 0.1) is 0 Å². The molecule has 2 aromatic rings. The van der Waals surface area contributed by atoms with Crippen LogP contribution in [0.1, 0.15) is 71.1 Å². The van der Waals surface area contributed by atoms with E-state index in [2.05, 4.69) is 4.98 Å². The molecular weight excluding hydrogens is 354 g/mol. The largest absolute Gasteiger partial charge is 0.477 e. The Morgan fingerprint density at radius 1 is 1.04 bits per heavy atom. The van der Waals surface area contributed by atoms with Crippen molar-refractivity contribution in [3.05, 3.63) is 65.0 Å². The lowest BCUT2D eigenvalue weighted by Crippen LogP contribution is -2.21. The number of halogens is 1. The molecule has 6 heteroatoms. The van der Waals surface area contributed by atoms with Crippen molar-refractivity contribution in [1.29, 1.82) is 0 Å². The van der Waals surface area contributed by atoms with E-state index < -0.39 is 16.8 Å². The van der Waals surface area contributed by atoms with Crippen molar-refractivity contribution in [2.45, 2.75) is 43.9 Å². The minimum absolute atomic E-state index is 0.0138. The summed E-state index contributed by atoms with van der Waals surface area (Å²) in [5.74, 6) is -2.67. The summed E-state index contributed by atoms with van der Waals surface area (Å²) < 4.78 is 0. The van der Waals surface area contributed by atoms with E-state index in [1.54, 1.807) is 0 Å². The predicted octanol–water partition coefficient (Wildman–Crippen LogP) is 4.77. The van der Waals surface area contributed by atoms with Crippen LogP contribution in [0.15, 0.2) is 42.5 Å². The molecule has 0 aliphatic rings. The second kappa shape index (κ2) is 7.87. The Morgan fingerprint density at radius 3 is 1.96 bits per heavy atom. The molecule has 0 radical (unpaired) electrons. The van der Waals surface area contributed by atoms with E-state index in [0.717, 1.165) is 5.56 Å². The SMILES string of the molecule is CC(c1ccccc1)C(CC(C)(C)Cl)c1cc(C(=O)O)nc(C(=O)O)c1. The standard InChI is InChI=1S/C20H22ClNO4/c1-12(13-7-5-4-6-8-13)15(11-20(2,3)21)14-9-16(18(23)24)22-17(10-14)19(25)26/h4-10,12,15H,11H2,1-3H3,(H,23,24)(H,25,26). The van der Waals surface area contributed by atoms with Gasteiger partial charge in [-0.05, 0) is 55.4 Å². The second-order valence-electron chi connectivity index (χ2n) is 7.01. The van der Waals surface area contributed by atoms with Crippen LogP contribution in [0.3, 0.4) is 0 Å². The van der Waals surface area contributed by atoms with Crippen LogP contribution in [0.2, 0.25) is 0 Å². The molecule has 5 nitrogen and oxygen atoms in total. The molecule has 0 aliphatic carbocycles. The molecule has 2 N–H and O–H groups in total. The summed E-state index contributed by atoms with van der Waals surface area (Å²) in [6, 6.07) is 12.7. The first kappa shape index (κ1) is 19.9. The molecule has 0 aliphatic heterocycles. The fourth-order valence-electron chi connectivity index (χ4n) is 3.08. The van der Waals surface area contributed by atoms with E-state index in [4.69, 9.17) is 11.6 Å². The molecule has 138 valence electrons. The zero-order valence-electron chi connectivity index (χ0n) is 14.9. The van der Waals surface area contributed by atoms with Crippen molar-refractivity contribution in [3.63, 3.8) is 0 Å². The molecule has 2 atom stereocenters. The number of aromatic nitrogens is 1. The van der Waals surface area contributed by atoms with Crippen molar-refractivity contribution in [2.75, 3.05) is 0 Å². The normalized spacial score (nSPS) is 13.8. The van der Waals surface area contributed by atoms with E-state index in [-0.39, 0.29) is 23.2 Å². The quantitative estimate of drug-likeness (QED) is 0.680. The number of carbonyl (C=O) groups is 2. The Kier molecular flexibility index (Phi) is 6.03. The highest BCUT2D eigenvalue weighted by Crippen LogP contribution is 2.40. The van der Waals surface area contributed by atoms with Gasteiger partial charge in [0.25, 0.3) is 0 Å². The van der Waals surface area contributed by atoms with Gasteiger partial charge in [0.2, 0.25) is 0 Å². The third-order valence-electron chi connectivity index (χ3n) is 4.35. The number of hydrogen-bond donors (Lipinski definition) is 2. The lowest BCUT2D eigenvalue weighted by atomic mass is 9.77. The van der Waals surface area contributed by atoms with Gasteiger partial charge < -0.3 is 10.2 Å². The Labute approximate surface area is 157 Å². The summed E-state index contributed by atoms with van der Waals surface area (Å²) in [6.07, 6.45) is 0.548. The van der Waals surface area contributed by atoms with E-state index in [9.17, 15) is 19.8 Å². The topological polar surface area (TPSA) is 87.5 Å². The molecule has 26 heavy (non-hydrogen) atoms. The Balaban J connectivity index is 2.58. The smallest absolute Gasteiger partial charge is 0.354 e. The molecule has 2 rings (SSSR count). The molecule has 1 aromatic carbocycles. The molecule has 1 aromatic heterocycles. The molecule has 0 saturated carbocycles. The Morgan fingerprint density at radius 2 is 1.54 bits per heavy atom. The molecule has 0 fully saturated rings. The highest BCUT2D eigenvalue weighted by molar-refractivity contribution is 6.23. The lowest BCUT2D eigenvalue weighted by molar-refractivity contribution is 0.0684. The lowest BCUT2D eigenvalue weighted by Gasteiger charge is -2.30. The second-order valence-corrected chi connectivity index (χ2v) is 8.03. The number of aromatic carboxylic acids is 2. The predicted molar refractivity (Wildman–Crippen MR) is 100 cm³/mol. The first-order valence-electron chi connectivity index (χ1n) is 8.31. The maximum absolute atomic E-state index is 11.4. The molecule has 0 spiro atoms. The van der Waals surface area contributed by atoms with Crippen molar-refractivity contribution in [1.82, 2.24) is 4.98 Å². The number of alkyl halides is 1. The van der Waals surface area contributed by atoms with Gasteiger partial charge in [-0.2, -0.15) is 0 Å². The molecule has 1 heterocycles. The minimum atomic E-state index is -1.26. The van der Waals surface area contributed by atoms with Crippen LogP contribution in [0.4, 0.5) is 0 Å². The van der Waals surface area contributed by atoms with Gasteiger partial charge >= 0.3 is 11.9 Å². The van der Waals surface area contributed by atoms with E-state index in [1.165, 1.54) is 12.1 Å². The van der Waals surface area contributed by atoms with E-state index in [0.29, 0.717) is 12.0 Å². The number of hydrogen-bond acceptors (Lipinski definition) is 3. The maximum atomic E-state index is 11.4. The summed E-state index contributed by atoms with van der Waals surface area (Å²) >= 11 is 6.47. The average Bonchev–Trinajstić information content (AvgIpc) is 2.58. The van der Waals surface area contributed by atoms with E-state index >= 15 is 0 Å². The van der Waals surface area contributed by atoms with Crippen molar-refractivity contribution < 1.29 is 19.8 Å². The highest BCUT2D eigenvalue weighted by Gasteiger charge is 2.29. The molecule has 0 bridgehead atoms. The Hall–Kier alpha value is -2.40. The van der Waals surface area contributed by atoms with Crippen LogP contribution in [0, 0.1) is 0 Å². The number of carboxylic acid groups (broad SMARTS) is 2.